The van der Waals surface area contributed by atoms with E-state index in [1.165, 1.54) is 6.07 Å². The highest BCUT2D eigenvalue weighted by Gasteiger charge is 2.16. The predicted molar refractivity (Wildman–Crippen MR) is 93.9 cm³/mol. The Bertz CT molecular complexity index is 1040. The second kappa shape index (κ2) is 7.01. The van der Waals surface area contributed by atoms with Gasteiger partial charge in [0.1, 0.15) is 17.0 Å². The van der Waals surface area contributed by atoms with Gasteiger partial charge in [-0.1, -0.05) is 0 Å². The molecule has 0 unspecified atom stereocenters. The maximum Gasteiger partial charge on any atom is 0.162 e. The Kier molecular flexibility index (Phi) is 4.40. The Labute approximate surface area is 149 Å². The van der Waals surface area contributed by atoms with Crippen molar-refractivity contribution < 1.29 is 9.13 Å². The molecule has 0 bridgehead atoms. The predicted octanol–water partition coefficient (Wildman–Crippen LogP) is 2.52. The Morgan fingerprint density at radius 2 is 2.08 bits per heavy atom. The summed E-state index contributed by atoms with van der Waals surface area (Å²) >= 11 is 0. The van der Waals surface area contributed by atoms with Gasteiger partial charge in [-0.3, -0.25) is 4.98 Å². The zero-order chi connectivity index (χ0) is 17.9. The minimum Gasteiger partial charge on any atom is -0.383 e. The second-order valence-corrected chi connectivity index (χ2v) is 5.75. The summed E-state index contributed by atoms with van der Waals surface area (Å²) in [5.74, 6) is 0.879. The van der Waals surface area contributed by atoms with Crippen LogP contribution in [0.2, 0.25) is 0 Å². The fourth-order valence-electron chi connectivity index (χ4n) is 2.94. The van der Waals surface area contributed by atoms with E-state index in [1.54, 1.807) is 44.2 Å². The topological polar surface area (TPSA) is 70.7 Å². The van der Waals surface area contributed by atoms with Crippen LogP contribution < -0.4 is 0 Å². The molecule has 0 N–H and O–H groups in total. The van der Waals surface area contributed by atoms with E-state index in [1.807, 2.05) is 10.6 Å². The molecule has 132 valence electrons. The van der Waals surface area contributed by atoms with Crippen LogP contribution >= 0.6 is 0 Å². The van der Waals surface area contributed by atoms with Crippen LogP contribution in [0.1, 0.15) is 5.82 Å². The SMILES string of the molecule is COCCn1c(Cn2ccnc2-c2ncccc2F)nc2cnccc21. The van der Waals surface area contributed by atoms with Gasteiger partial charge in [0, 0.05) is 38.4 Å². The molecule has 0 aliphatic heterocycles. The van der Waals surface area contributed by atoms with Gasteiger partial charge in [-0.25, -0.2) is 19.3 Å². The third kappa shape index (κ3) is 2.95. The van der Waals surface area contributed by atoms with Crippen LogP contribution in [0.3, 0.4) is 0 Å². The fourth-order valence-corrected chi connectivity index (χ4v) is 2.94. The highest BCUT2D eigenvalue weighted by molar-refractivity contribution is 5.74. The van der Waals surface area contributed by atoms with Crippen LogP contribution in [0, 0.1) is 5.82 Å². The number of fused-ring (bicyclic) bond motifs is 1. The van der Waals surface area contributed by atoms with Crippen LogP contribution in [0.15, 0.2) is 49.2 Å². The Hall–Kier alpha value is -3.13. The zero-order valence-corrected chi connectivity index (χ0v) is 14.2. The summed E-state index contributed by atoms with van der Waals surface area (Å²) in [6, 6.07) is 4.86. The lowest BCUT2D eigenvalue weighted by Gasteiger charge is -2.11. The van der Waals surface area contributed by atoms with E-state index < -0.39 is 5.82 Å². The summed E-state index contributed by atoms with van der Waals surface area (Å²) in [4.78, 5) is 17.2. The summed E-state index contributed by atoms with van der Waals surface area (Å²) in [5, 5.41) is 0. The van der Waals surface area contributed by atoms with Crippen LogP contribution in [-0.4, -0.2) is 42.8 Å². The van der Waals surface area contributed by atoms with Gasteiger partial charge in [0.2, 0.25) is 0 Å². The number of imidazole rings is 2. The quantitative estimate of drug-likeness (QED) is 0.533. The normalized spacial score (nSPS) is 11.3. The van der Waals surface area contributed by atoms with E-state index in [0.717, 1.165) is 16.9 Å². The zero-order valence-electron chi connectivity index (χ0n) is 14.2. The van der Waals surface area contributed by atoms with Crippen molar-refractivity contribution in [3.8, 4) is 11.5 Å². The van der Waals surface area contributed by atoms with E-state index in [-0.39, 0.29) is 5.69 Å². The third-order valence-corrected chi connectivity index (χ3v) is 4.15. The smallest absolute Gasteiger partial charge is 0.162 e. The lowest BCUT2D eigenvalue weighted by Crippen LogP contribution is -2.12. The molecular weight excluding hydrogens is 335 g/mol. The molecular formula is C18H17FN6O. The average molecular weight is 352 g/mol. The summed E-state index contributed by atoms with van der Waals surface area (Å²) in [7, 11) is 1.66. The molecule has 0 aromatic carbocycles. The van der Waals surface area contributed by atoms with Crippen molar-refractivity contribution in [1.82, 2.24) is 29.1 Å². The van der Waals surface area contributed by atoms with Gasteiger partial charge in [0.15, 0.2) is 11.6 Å². The molecule has 7 nitrogen and oxygen atoms in total. The molecule has 0 aliphatic rings. The number of hydrogen-bond acceptors (Lipinski definition) is 5. The molecule has 4 aromatic heterocycles. The standard InChI is InChI=1S/C18H17FN6O/c1-26-10-9-25-15-4-6-20-11-14(15)23-16(25)12-24-8-7-22-18(24)17-13(19)3-2-5-21-17/h2-8,11H,9-10,12H2,1H3. The number of hydrogen-bond donors (Lipinski definition) is 0. The van der Waals surface area contributed by atoms with Crippen molar-refractivity contribution >= 4 is 11.0 Å². The van der Waals surface area contributed by atoms with E-state index in [0.29, 0.717) is 25.5 Å². The molecule has 8 heteroatoms. The molecule has 26 heavy (non-hydrogen) atoms. The van der Waals surface area contributed by atoms with Crippen molar-refractivity contribution in [2.75, 3.05) is 13.7 Å². The summed E-state index contributed by atoms with van der Waals surface area (Å²) in [6.07, 6.45) is 8.45. The summed E-state index contributed by atoms with van der Waals surface area (Å²) in [6.45, 7) is 1.66. The van der Waals surface area contributed by atoms with Gasteiger partial charge >= 0.3 is 0 Å². The Morgan fingerprint density at radius 3 is 2.92 bits per heavy atom. The van der Waals surface area contributed by atoms with Gasteiger partial charge < -0.3 is 13.9 Å². The van der Waals surface area contributed by atoms with Crippen molar-refractivity contribution in [3.05, 3.63) is 60.8 Å². The number of aromatic nitrogens is 6. The number of pyridine rings is 2. The van der Waals surface area contributed by atoms with Crippen LogP contribution in [0.5, 0.6) is 0 Å². The first-order valence-corrected chi connectivity index (χ1v) is 8.18. The summed E-state index contributed by atoms with van der Waals surface area (Å²) in [5.41, 5.74) is 2.01. The third-order valence-electron chi connectivity index (χ3n) is 4.15. The first-order valence-electron chi connectivity index (χ1n) is 8.18. The lowest BCUT2D eigenvalue weighted by molar-refractivity contribution is 0.187. The number of rotatable bonds is 6. The van der Waals surface area contributed by atoms with E-state index in [4.69, 9.17) is 4.74 Å². The molecule has 0 spiro atoms. The second-order valence-electron chi connectivity index (χ2n) is 5.75. The van der Waals surface area contributed by atoms with Gasteiger partial charge in [-0.2, -0.15) is 0 Å². The van der Waals surface area contributed by atoms with Gasteiger partial charge in [0.05, 0.1) is 24.9 Å². The molecule has 0 radical (unpaired) electrons. The monoisotopic (exact) mass is 352 g/mol. The largest absolute Gasteiger partial charge is 0.383 e. The van der Waals surface area contributed by atoms with Crippen LogP contribution in [0.25, 0.3) is 22.6 Å². The number of methoxy groups -OCH3 is 1. The minimum absolute atomic E-state index is 0.221. The Balaban J connectivity index is 1.75. The van der Waals surface area contributed by atoms with Gasteiger partial charge in [-0.05, 0) is 18.2 Å². The molecule has 0 aliphatic carbocycles. The maximum absolute atomic E-state index is 14.1. The van der Waals surface area contributed by atoms with E-state index in [9.17, 15) is 4.39 Å². The fraction of sp³-hybridized carbons (Fsp3) is 0.222. The molecule has 0 atom stereocenters. The highest BCUT2D eigenvalue weighted by Crippen LogP contribution is 2.21. The van der Waals surface area contributed by atoms with Crippen LogP contribution in [-0.2, 0) is 17.8 Å². The molecule has 0 saturated heterocycles. The Morgan fingerprint density at radius 1 is 1.15 bits per heavy atom. The van der Waals surface area contributed by atoms with Crippen LogP contribution in [0.4, 0.5) is 4.39 Å². The lowest BCUT2D eigenvalue weighted by atomic mass is 10.3. The van der Waals surface area contributed by atoms with Gasteiger partial charge in [-0.15, -0.1) is 0 Å². The van der Waals surface area contributed by atoms with Crippen molar-refractivity contribution in [3.63, 3.8) is 0 Å². The van der Waals surface area contributed by atoms with E-state index >= 15 is 0 Å². The molecule has 0 saturated carbocycles. The first kappa shape index (κ1) is 16.3. The molecule has 4 aromatic rings. The summed E-state index contributed by atoms with van der Waals surface area (Å²) < 4.78 is 23.3. The van der Waals surface area contributed by atoms with Gasteiger partial charge in [0.25, 0.3) is 0 Å². The number of nitrogens with zero attached hydrogens (tertiary/aromatic N) is 6. The maximum atomic E-state index is 14.1. The molecule has 0 amide bonds. The molecule has 4 heterocycles. The molecule has 0 fully saturated rings. The van der Waals surface area contributed by atoms with Crippen molar-refractivity contribution in [1.29, 1.82) is 0 Å². The highest BCUT2D eigenvalue weighted by atomic mass is 19.1. The minimum atomic E-state index is -0.406. The van der Waals surface area contributed by atoms with Crippen molar-refractivity contribution in [2.45, 2.75) is 13.1 Å². The number of ether oxygens (including phenoxy) is 1. The average Bonchev–Trinajstić information content (AvgIpc) is 3.25. The first-order chi connectivity index (χ1) is 12.8. The van der Waals surface area contributed by atoms with Crippen molar-refractivity contribution in [2.24, 2.45) is 0 Å². The number of halogens is 1. The van der Waals surface area contributed by atoms with E-state index in [2.05, 4.69) is 24.5 Å². The molecule has 4 rings (SSSR count).